The van der Waals surface area contributed by atoms with Crippen molar-refractivity contribution in [2.24, 2.45) is 5.73 Å². The largest absolute Gasteiger partial charge is 0.496 e. The fraction of sp³-hybridized carbons (Fsp3) is 0.250. The van der Waals surface area contributed by atoms with E-state index in [1.54, 1.807) is 7.11 Å². The second-order valence-electron chi connectivity index (χ2n) is 4.63. The van der Waals surface area contributed by atoms with E-state index in [1.807, 2.05) is 37.3 Å². The number of ether oxygens (including phenoxy) is 1. The minimum atomic E-state index is -0.0341. The van der Waals surface area contributed by atoms with E-state index < -0.39 is 0 Å². The Kier molecular flexibility index (Phi) is 4.61. The average molecular weight is 320 g/mol. The van der Waals surface area contributed by atoms with E-state index in [1.165, 1.54) is 5.56 Å². The molecule has 0 aromatic heterocycles. The van der Waals surface area contributed by atoms with Crippen LogP contribution in [0.4, 0.5) is 0 Å². The van der Waals surface area contributed by atoms with E-state index in [2.05, 4.69) is 28.1 Å². The van der Waals surface area contributed by atoms with Crippen LogP contribution >= 0.6 is 15.9 Å². The molecule has 2 aromatic carbocycles. The Balaban J connectivity index is 2.20. The van der Waals surface area contributed by atoms with Gasteiger partial charge >= 0.3 is 0 Å². The van der Waals surface area contributed by atoms with E-state index in [0.717, 1.165) is 27.8 Å². The van der Waals surface area contributed by atoms with Gasteiger partial charge in [0.2, 0.25) is 0 Å². The van der Waals surface area contributed by atoms with E-state index in [9.17, 15) is 0 Å². The van der Waals surface area contributed by atoms with Crippen molar-refractivity contribution in [2.45, 2.75) is 19.4 Å². The van der Waals surface area contributed by atoms with Gasteiger partial charge in [0.1, 0.15) is 5.75 Å². The van der Waals surface area contributed by atoms with Crippen molar-refractivity contribution in [3.05, 3.63) is 63.6 Å². The van der Waals surface area contributed by atoms with E-state index in [-0.39, 0.29) is 6.04 Å². The zero-order valence-corrected chi connectivity index (χ0v) is 12.8. The molecule has 0 saturated heterocycles. The molecule has 2 nitrogen and oxygen atoms in total. The number of halogens is 1. The predicted molar refractivity (Wildman–Crippen MR) is 82.5 cm³/mol. The molecule has 0 radical (unpaired) electrons. The number of nitrogens with two attached hydrogens (primary N) is 1. The summed E-state index contributed by atoms with van der Waals surface area (Å²) in [6, 6.07) is 14.3. The standard InChI is InChI=1S/C16H18BrNO/c1-11-7-8-13(10-16(11)19-2)15(18)9-12-5-3-4-6-14(12)17/h3-8,10,15H,9,18H2,1-2H3. The minimum absolute atomic E-state index is 0.0341. The Hall–Kier alpha value is -1.32. The Morgan fingerprint density at radius 2 is 1.95 bits per heavy atom. The van der Waals surface area contributed by atoms with Crippen LogP contribution in [0.1, 0.15) is 22.7 Å². The van der Waals surface area contributed by atoms with Gasteiger partial charge in [0.25, 0.3) is 0 Å². The predicted octanol–water partition coefficient (Wildman–Crippen LogP) is 4.01. The molecule has 0 aliphatic rings. The molecule has 0 aliphatic carbocycles. The molecular formula is C16H18BrNO. The maximum atomic E-state index is 6.29. The van der Waals surface area contributed by atoms with Gasteiger partial charge in [-0.05, 0) is 42.2 Å². The zero-order valence-electron chi connectivity index (χ0n) is 11.2. The summed E-state index contributed by atoms with van der Waals surface area (Å²) in [4.78, 5) is 0. The number of hydrogen-bond donors (Lipinski definition) is 1. The van der Waals surface area contributed by atoms with Gasteiger partial charge in [-0.3, -0.25) is 0 Å². The molecule has 0 bridgehead atoms. The molecule has 1 atom stereocenters. The van der Waals surface area contributed by atoms with Crippen molar-refractivity contribution in [2.75, 3.05) is 7.11 Å². The Morgan fingerprint density at radius 1 is 1.21 bits per heavy atom. The summed E-state index contributed by atoms with van der Waals surface area (Å²) in [6.07, 6.45) is 0.799. The summed E-state index contributed by atoms with van der Waals surface area (Å²) in [6.45, 7) is 2.03. The summed E-state index contributed by atoms with van der Waals surface area (Å²) in [5, 5.41) is 0. The van der Waals surface area contributed by atoms with E-state index >= 15 is 0 Å². The summed E-state index contributed by atoms with van der Waals surface area (Å²) in [7, 11) is 1.69. The lowest BCUT2D eigenvalue weighted by atomic mass is 9.98. The molecule has 0 fully saturated rings. The van der Waals surface area contributed by atoms with Crippen LogP contribution in [0.2, 0.25) is 0 Å². The average Bonchev–Trinajstić information content (AvgIpc) is 2.42. The van der Waals surface area contributed by atoms with Crippen LogP contribution in [0.3, 0.4) is 0 Å². The van der Waals surface area contributed by atoms with Gasteiger partial charge in [0, 0.05) is 10.5 Å². The van der Waals surface area contributed by atoms with Crippen LogP contribution in [0.25, 0.3) is 0 Å². The van der Waals surface area contributed by atoms with Crippen LogP contribution in [0.15, 0.2) is 46.9 Å². The van der Waals surface area contributed by atoms with Gasteiger partial charge in [0.15, 0.2) is 0 Å². The third-order valence-corrected chi connectivity index (χ3v) is 4.03. The van der Waals surface area contributed by atoms with Gasteiger partial charge < -0.3 is 10.5 Å². The lowest BCUT2D eigenvalue weighted by Crippen LogP contribution is -2.13. The molecule has 0 amide bonds. The van der Waals surface area contributed by atoms with Crippen LogP contribution in [-0.4, -0.2) is 7.11 Å². The molecule has 0 aliphatic heterocycles. The van der Waals surface area contributed by atoms with Crippen molar-refractivity contribution in [3.8, 4) is 5.75 Å². The second kappa shape index (κ2) is 6.22. The van der Waals surface area contributed by atoms with Crippen molar-refractivity contribution >= 4 is 15.9 Å². The SMILES string of the molecule is COc1cc(C(N)Cc2ccccc2Br)ccc1C. The molecule has 1 unspecified atom stereocenters. The first kappa shape index (κ1) is 14.1. The first-order valence-corrected chi connectivity index (χ1v) is 7.04. The monoisotopic (exact) mass is 319 g/mol. The third kappa shape index (κ3) is 3.37. The van der Waals surface area contributed by atoms with Crippen LogP contribution < -0.4 is 10.5 Å². The van der Waals surface area contributed by atoms with Crippen LogP contribution in [-0.2, 0) is 6.42 Å². The molecule has 0 heterocycles. The first-order chi connectivity index (χ1) is 9.11. The summed E-state index contributed by atoms with van der Waals surface area (Å²) < 4.78 is 6.45. The Morgan fingerprint density at radius 3 is 2.63 bits per heavy atom. The highest BCUT2D eigenvalue weighted by atomic mass is 79.9. The Labute approximate surface area is 122 Å². The molecule has 19 heavy (non-hydrogen) atoms. The van der Waals surface area contributed by atoms with Crippen molar-refractivity contribution in [1.82, 2.24) is 0 Å². The first-order valence-electron chi connectivity index (χ1n) is 6.25. The summed E-state index contributed by atoms with van der Waals surface area (Å²) >= 11 is 3.56. The second-order valence-corrected chi connectivity index (χ2v) is 5.49. The summed E-state index contributed by atoms with van der Waals surface area (Å²) in [5.41, 5.74) is 9.73. The van der Waals surface area contributed by atoms with Gasteiger partial charge in [0.05, 0.1) is 7.11 Å². The molecule has 100 valence electrons. The van der Waals surface area contributed by atoms with Gasteiger partial charge in [-0.25, -0.2) is 0 Å². The van der Waals surface area contributed by atoms with Gasteiger partial charge in [-0.15, -0.1) is 0 Å². The van der Waals surface area contributed by atoms with Crippen molar-refractivity contribution in [1.29, 1.82) is 0 Å². The quantitative estimate of drug-likeness (QED) is 0.924. The fourth-order valence-corrected chi connectivity index (χ4v) is 2.53. The molecule has 2 rings (SSSR count). The fourth-order valence-electron chi connectivity index (χ4n) is 2.09. The number of rotatable bonds is 4. The molecule has 0 spiro atoms. The molecule has 3 heteroatoms. The lowest BCUT2D eigenvalue weighted by Gasteiger charge is -2.15. The smallest absolute Gasteiger partial charge is 0.122 e. The number of methoxy groups -OCH3 is 1. The minimum Gasteiger partial charge on any atom is -0.496 e. The zero-order chi connectivity index (χ0) is 13.8. The number of aryl methyl sites for hydroxylation is 1. The van der Waals surface area contributed by atoms with Crippen LogP contribution in [0, 0.1) is 6.92 Å². The highest BCUT2D eigenvalue weighted by Crippen LogP contribution is 2.26. The molecule has 0 saturated carbocycles. The van der Waals surface area contributed by atoms with Gasteiger partial charge in [-0.1, -0.05) is 46.3 Å². The van der Waals surface area contributed by atoms with Crippen LogP contribution in [0.5, 0.6) is 5.75 Å². The highest BCUT2D eigenvalue weighted by molar-refractivity contribution is 9.10. The lowest BCUT2D eigenvalue weighted by molar-refractivity contribution is 0.410. The Bertz CT molecular complexity index is 568. The number of benzene rings is 2. The normalized spacial score (nSPS) is 12.2. The van der Waals surface area contributed by atoms with Crippen molar-refractivity contribution in [3.63, 3.8) is 0 Å². The maximum absolute atomic E-state index is 6.29. The molecular weight excluding hydrogens is 302 g/mol. The topological polar surface area (TPSA) is 35.2 Å². The van der Waals surface area contributed by atoms with E-state index in [4.69, 9.17) is 10.5 Å². The summed E-state index contributed by atoms with van der Waals surface area (Å²) in [5.74, 6) is 0.889. The van der Waals surface area contributed by atoms with Gasteiger partial charge in [-0.2, -0.15) is 0 Å². The number of hydrogen-bond acceptors (Lipinski definition) is 2. The maximum Gasteiger partial charge on any atom is 0.122 e. The molecule has 2 aromatic rings. The van der Waals surface area contributed by atoms with E-state index in [0.29, 0.717) is 0 Å². The highest BCUT2D eigenvalue weighted by Gasteiger charge is 2.11. The molecule has 2 N–H and O–H groups in total. The van der Waals surface area contributed by atoms with Crippen molar-refractivity contribution < 1.29 is 4.74 Å². The third-order valence-electron chi connectivity index (χ3n) is 3.26.